The number of benzene rings is 3. The highest BCUT2D eigenvalue weighted by atomic mass is 35.5. The number of halogens is 1. The van der Waals surface area contributed by atoms with E-state index in [9.17, 15) is 13.2 Å². The van der Waals surface area contributed by atoms with Gasteiger partial charge in [0, 0.05) is 30.3 Å². The molecule has 1 aliphatic heterocycles. The highest BCUT2D eigenvalue weighted by molar-refractivity contribution is 7.92. The molecule has 3 aromatic carbocycles. The smallest absolute Gasteiger partial charge is 0.264 e. The Morgan fingerprint density at radius 1 is 1.03 bits per heavy atom. The van der Waals surface area contributed by atoms with Gasteiger partial charge in [0.15, 0.2) is 0 Å². The monoisotopic (exact) mass is 513 g/mol. The van der Waals surface area contributed by atoms with Crippen molar-refractivity contribution in [2.45, 2.75) is 18.4 Å². The van der Waals surface area contributed by atoms with E-state index in [0.717, 1.165) is 34.2 Å². The predicted octanol–water partition coefficient (Wildman–Crippen LogP) is 4.00. The topological polar surface area (TPSA) is 79.0 Å². The normalized spacial score (nSPS) is 13.9. The molecule has 4 rings (SSSR count). The van der Waals surface area contributed by atoms with Crippen LogP contribution in [0.25, 0.3) is 0 Å². The number of nitrogens with zero attached hydrogens (tertiary/aromatic N) is 2. The van der Waals surface area contributed by atoms with Crippen LogP contribution in [0.5, 0.6) is 0 Å². The molecular weight excluding hydrogens is 486 g/mol. The van der Waals surface area contributed by atoms with Crippen LogP contribution in [0.3, 0.4) is 0 Å². The molecule has 0 unspecified atom stereocenters. The molecular formula is C26H28ClN3O4S. The summed E-state index contributed by atoms with van der Waals surface area (Å²) >= 11 is 6.12. The number of sulfonamides is 1. The number of carbonyl (C=O) groups is 1. The van der Waals surface area contributed by atoms with Crippen LogP contribution in [-0.2, 0) is 26.1 Å². The molecule has 1 saturated heterocycles. The Bertz CT molecular complexity index is 1260. The van der Waals surface area contributed by atoms with Gasteiger partial charge in [0.25, 0.3) is 10.0 Å². The molecule has 1 amide bonds. The van der Waals surface area contributed by atoms with Crippen molar-refractivity contribution in [2.75, 3.05) is 42.1 Å². The summed E-state index contributed by atoms with van der Waals surface area (Å²) in [7, 11) is -3.99. The van der Waals surface area contributed by atoms with Crippen LogP contribution in [0.15, 0.2) is 77.7 Å². The number of morpholine rings is 1. The van der Waals surface area contributed by atoms with Crippen LogP contribution < -0.4 is 14.5 Å². The first kappa shape index (κ1) is 25.0. The van der Waals surface area contributed by atoms with Crippen molar-refractivity contribution in [3.63, 3.8) is 0 Å². The predicted molar refractivity (Wildman–Crippen MR) is 138 cm³/mol. The molecule has 0 radical (unpaired) electrons. The summed E-state index contributed by atoms with van der Waals surface area (Å²) in [5, 5.41) is 3.22. The lowest BCUT2D eigenvalue weighted by Crippen LogP contribution is -2.40. The number of ether oxygens (including phenoxy) is 1. The Hall–Kier alpha value is -3.07. The van der Waals surface area contributed by atoms with Gasteiger partial charge in [-0.15, -0.1) is 0 Å². The Morgan fingerprint density at radius 3 is 2.37 bits per heavy atom. The second kappa shape index (κ2) is 11.1. The minimum atomic E-state index is -3.99. The zero-order valence-electron chi connectivity index (χ0n) is 19.5. The molecule has 0 saturated carbocycles. The van der Waals surface area contributed by atoms with Crippen LogP contribution in [-0.4, -0.2) is 47.2 Å². The number of amides is 1. The molecule has 9 heteroatoms. The molecule has 0 spiro atoms. The minimum absolute atomic E-state index is 0.106. The number of nitrogens with one attached hydrogen (secondary N) is 1. The maximum atomic E-state index is 13.4. The van der Waals surface area contributed by atoms with Gasteiger partial charge in [-0.1, -0.05) is 47.5 Å². The molecule has 0 bridgehead atoms. The largest absolute Gasteiger partial charge is 0.378 e. The standard InChI is InChI=1S/C26H28ClN3O4S/c1-20-5-11-25(12-6-20)35(32,33)30(24-4-2-3-22(27)17-24)19-26(31)28-18-21-7-9-23(10-8-21)29-13-15-34-16-14-29/h2-12,17H,13-16,18-19H2,1H3,(H,28,31). The Morgan fingerprint density at radius 2 is 1.71 bits per heavy atom. The van der Waals surface area contributed by atoms with Crippen LogP contribution in [0.1, 0.15) is 11.1 Å². The summed E-state index contributed by atoms with van der Waals surface area (Å²) in [6.07, 6.45) is 0. The maximum Gasteiger partial charge on any atom is 0.264 e. The lowest BCUT2D eigenvalue weighted by atomic mass is 10.2. The average Bonchev–Trinajstić information content (AvgIpc) is 2.87. The molecule has 35 heavy (non-hydrogen) atoms. The average molecular weight is 514 g/mol. The zero-order valence-corrected chi connectivity index (χ0v) is 21.1. The van der Waals surface area contributed by atoms with E-state index in [1.165, 1.54) is 18.2 Å². The first-order chi connectivity index (χ1) is 16.8. The Balaban J connectivity index is 1.47. The van der Waals surface area contributed by atoms with E-state index >= 15 is 0 Å². The van der Waals surface area contributed by atoms with Crippen molar-refractivity contribution in [1.82, 2.24) is 5.32 Å². The van der Waals surface area contributed by atoms with E-state index in [2.05, 4.69) is 10.2 Å². The second-order valence-electron chi connectivity index (χ2n) is 8.35. The SMILES string of the molecule is Cc1ccc(S(=O)(=O)N(CC(=O)NCc2ccc(N3CCOCC3)cc2)c2cccc(Cl)c2)cc1. The lowest BCUT2D eigenvalue weighted by molar-refractivity contribution is -0.119. The van der Waals surface area contributed by atoms with Gasteiger partial charge in [0.2, 0.25) is 5.91 Å². The molecule has 1 N–H and O–H groups in total. The van der Waals surface area contributed by atoms with Crippen molar-refractivity contribution in [3.05, 3.63) is 88.9 Å². The third kappa shape index (κ3) is 6.33. The van der Waals surface area contributed by atoms with Gasteiger partial charge in [0.05, 0.1) is 23.8 Å². The minimum Gasteiger partial charge on any atom is -0.378 e. The highest BCUT2D eigenvalue weighted by Crippen LogP contribution is 2.26. The van der Waals surface area contributed by atoms with E-state index in [4.69, 9.17) is 16.3 Å². The molecule has 1 fully saturated rings. The highest BCUT2D eigenvalue weighted by Gasteiger charge is 2.27. The zero-order chi connectivity index (χ0) is 24.8. The van der Waals surface area contributed by atoms with E-state index in [-0.39, 0.29) is 18.0 Å². The first-order valence-corrected chi connectivity index (χ1v) is 13.2. The molecule has 0 aromatic heterocycles. The molecule has 7 nitrogen and oxygen atoms in total. The number of carbonyl (C=O) groups excluding carboxylic acids is 1. The molecule has 3 aromatic rings. The number of anilines is 2. The van der Waals surface area contributed by atoms with Crippen molar-refractivity contribution in [3.8, 4) is 0 Å². The summed E-state index contributed by atoms with van der Waals surface area (Å²) in [4.78, 5) is 15.2. The van der Waals surface area contributed by atoms with Gasteiger partial charge < -0.3 is 15.0 Å². The number of aryl methyl sites for hydroxylation is 1. The van der Waals surface area contributed by atoms with Crippen LogP contribution in [0, 0.1) is 6.92 Å². The Kier molecular flexibility index (Phi) is 7.95. The lowest BCUT2D eigenvalue weighted by Gasteiger charge is -2.29. The quantitative estimate of drug-likeness (QED) is 0.492. The first-order valence-electron chi connectivity index (χ1n) is 11.4. The summed E-state index contributed by atoms with van der Waals surface area (Å²) < 4.78 is 33.4. The summed E-state index contributed by atoms with van der Waals surface area (Å²) in [6, 6.07) is 21.0. The number of hydrogen-bond donors (Lipinski definition) is 1. The molecule has 0 atom stereocenters. The van der Waals surface area contributed by atoms with Crippen LogP contribution >= 0.6 is 11.6 Å². The molecule has 1 aliphatic rings. The maximum absolute atomic E-state index is 13.4. The van der Waals surface area contributed by atoms with Gasteiger partial charge in [-0.05, 0) is 55.0 Å². The van der Waals surface area contributed by atoms with E-state index in [1.54, 1.807) is 30.3 Å². The van der Waals surface area contributed by atoms with Crippen molar-refractivity contribution < 1.29 is 17.9 Å². The fourth-order valence-electron chi connectivity index (χ4n) is 3.82. The van der Waals surface area contributed by atoms with Gasteiger partial charge in [-0.25, -0.2) is 8.42 Å². The summed E-state index contributed by atoms with van der Waals surface area (Å²) in [6.45, 7) is 4.93. The van der Waals surface area contributed by atoms with Gasteiger partial charge in [-0.3, -0.25) is 9.10 Å². The number of hydrogen-bond acceptors (Lipinski definition) is 5. The second-order valence-corrected chi connectivity index (χ2v) is 10.6. The van der Waals surface area contributed by atoms with Gasteiger partial charge >= 0.3 is 0 Å². The third-order valence-electron chi connectivity index (χ3n) is 5.79. The van der Waals surface area contributed by atoms with Crippen LogP contribution in [0.4, 0.5) is 11.4 Å². The summed E-state index contributed by atoms with van der Waals surface area (Å²) in [5.74, 6) is -0.419. The molecule has 1 heterocycles. The Labute approximate surface area is 211 Å². The van der Waals surface area contributed by atoms with E-state index in [0.29, 0.717) is 23.9 Å². The fraction of sp³-hybridized carbons (Fsp3) is 0.269. The summed E-state index contributed by atoms with van der Waals surface area (Å²) in [5.41, 5.74) is 3.30. The van der Waals surface area contributed by atoms with Gasteiger partial charge in [-0.2, -0.15) is 0 Å². The molecule has 184 valence electrons. The van der Waals surface area contributed by atoms with Crippen molar-refractivity contribution in [2.24, 2.45) is 0 Å². The third-order valence-corrected chi connectivity index (χ3v) is 7.82. The van der Waals surface area contributed by atoms with E-state index in [1.807, 2.05) is 31.2 Å². The van der Waals surface area contributed by atoms with Gasteiger partial charge in [0.1, 0.15) is 6.54 Å². The molecule has 0 aliphatic carbocycles. The van der Waals surface area contributed by atoms with Crippen molar-refractivity contribution in [1.29, 1.82) is 0 Å². The van der Waals surface area contributed by atoms with E-state index < -0.39 is 15.9 Å². The van der Waals surface area contributed by atoms with Crippen molar-refractivity contribution >= 4 is 38.9 Å². The fourth-order valence-corrected chi connectivity index (χ4v) is 5.41. The number of rotatable bonds is 8. The van der Waals surface area contributed by atoms with Crippen LogP contribution in [0.2, 0.25) is 5.02 Å².